The molecule has 2 atom stereocenters. The van der Waals surface area contributed by atoms with Gasteiger partial charge in [0.2, 0.25) is 11.8 Å². The van der Waals surface area contributed by atoms with Crippen LogP contribution in [0.2, 0.25) is 0 Å². The number of methoxy groups -OCH3 is 1. The van der Waals surface area contributed by atoms with Gasteiger partial charge in [-0.1, -0.05) is 18.2 Å². The number of nitrogens with one attached hydrogen (secondary N) is 3. The van der Waals surface area contributed by atoms with E-state index in [4.69, 9.17) is 4.74 Å². The van der Waals surface area contributed by atoms with Crippen LogP contribution in [0.3, 0.4) is 0 Å². The lowest BCUT2D eigenvalue weighted by molar-refractivity contribution is -0.125. The summed E-state index contributed by atoms with van der Waals surface area (Å²) in [5.74, 6) is -4.01. The average Bonchev–Trinajstić information content (AvgIpc) is 3.29. The summed E-state index contributed by atoms with van der Waals surface area (Å²) in [6.45, 7) is 0. The first kappa shape index (κ1) is 29.3. The number of aromatic nitrogens is 1. The van der Waals surface area contributed by atoms with E-state index < -0.39 is 41.2 Å². The molecule has 1 unspecified atom stereocenters. The number of carbonyl (C=O) groups excluding carboxylic acids is 3. The molecule has 1 aliphatic heterocycles. The summed E-state index contributed by atoms with van der Waals surface area (Å²) in [6.07, 6.45) is 1.22. The van der Waals surface area contributed by atoms with E-state index in [1.165, 1.54) is 32.5 Å². The minimum atomic E-state index is -0.918. The van der Waals surface area contributed by atoms with Gasteiger partial charge in [0.05, 0.1) is 30.3 Å². The van der Waals surface area contributed by atoms with Gasteiger partial charge < -0.3 is 20.7 Å². The Kier molecular flexibility index (Phi) is 8.42. The molecule has 1 aromatic heterocycles. The number of pyridine rings is 1. The molecule has 0 bridgehead atoms. The topological polar surface area (TPSA) is 109 Å². The zero-order chi connectivity index (χ0) is 30.7. The molecule has 0 fully saturated rings. The Morgan fingerprint density at radius 3 is 2.51 bits per heavy atom. The Bertz CT molecular complexity index is 1710. The number of hydrogen-bond acceptors (Lipinski definition) is 5. The van der Waals surface area contributed by atoms with Crippen LogP contribution in [0.15, 0.2) is 72.9 Å². The van der Waals surface area contributed by atoms with Gasteiger partial charge in [0, 0.05) is 43.0 Å². The smallest absolute Gasteiger partial charge is 0.254 e. The third-order valence-electron chi connectivity index (χ3n) is 7.21. The van der Waals surface area contributed by atoms with Crippen molar-refractivity contribution in [2.45, 2.75) is 24.8 Å². The summed E-state index contributed by atoms with van der Waals surface area (Å²) in [4.78, 5) is 43.0. The molecule has 0 aliphatic carbocycles. The predicted molar refractivity (Wildman–Crippen MR) is 153 cm³/mol. The molecule has 3 N–H and O–H groups in total. The van der Waals surface area contributed by atoms with Crippen LogP contribution < -0.4 is 20.7 Å². The van der Waals surface area contributed by atoms with Crippen molar-refractivity contribution in [1.29, 1.82) is 0 Å². The van der Waals surface area contributed by atoms with E-state index in [2.05, 4.69) is 20.9 Å². The highest BCUT2D eigenvalue weighted by atomic mass is 19.1. The van der Waals surface area contributed by atoms with Crippen molar-refractivity contribution in [2.75, 3.05) is 19.5 Å². The van der Waals surface area contributed by atoms with Gasteiger partial charge in [-0.3, -0.25) is 19.4 Å². The van der Waals surface area contributed by atoms with E-state index in [0.29, 0.717) is 33.8 Å². The molecule has 5 rings (SSSR count). The number of carbonyl (C=O) groups is 3. The lowest BCUT2D eigenvalue weighted by atomic mass is 9.93. The second-order valence-electron chi connectivity index (χ2n) is 10.0. The van der Waals surface area contributed by atoms with Crippen molar-refractivity contribution in [3.05, 3.63) is 113 Å². The monoisotopic (exact) mass is 588 g/mol. The van der Waals surface area contributed by atoms with Gasteiger partial charge in [0.25, 0.3) is 5.91 Å². The van der Waals surface area contributed by atoms with E-state index in [0.717, 1.165) is 24.3 Å². The van der Waals surface area contributed by atoms with Crippen LogP contribution in [-0.4, -0.2) is 36.9 Å². The molecule has 2 heterocycles. The number of halogens is 3. The van der Waals surface area contributed by atoms with Crippen LogP contribution in [0.5, 0.6) is 5.75 Å². The molecule has 4 aromatic rings. The first-order chi connectivity index (χ1) is 20.7. The van der Waals surface area contributed by atoms with Gasteiger partial charge in [-0.15, -0.1) is 0 Å². The highest BCUT2D eigenvalue weighted by Crippen LogP contribution is 2.37. The fourth-order valence-corrected chi connectivity index (χ4v) is 5.20. The number of anilines is 1. The second kappa shape index (κ2) is 12.4. The van der Waals surface area contributed by atoms with Crippen molar-refractivity contribution in [1.82, 2.24) is 15.6 Å². The fraction of sp³-hybridized carbons (Fsp3) is 0.188. The minimum Gasteiger partial charge on any atom is -0.497 e. The molecule has 3 amide bonds. The lowest BCUT2D eigenvalue weighted by Gasteiger charge is -2.22. The van der Waals surface area contributed by atoms with Crippen LogP contribution in [0.25, 0.3) is 11.1 Å². The highest BCUT2D eigenvalue weighted by Gasteiger charge is 2.33. The molecular formula is C32H27F3N4O4. The van der Waals surface area contributed by atoms with Crippen molar-refractivity contribution >= 4 is 23.4 Å². The average molecular weight is 589 g/mol. The molecule has 0 spiro atoms. The van der Waals surface area contributed by atoms with Crippen molar-refractivity contribution in [3.63, 3.8) is 0 Å². The molecule has 0 saturated heterocycles. The van der Waals surface area contributed by atoms with Crippen LogP contribution in [0.1, 0.15) is 45.6 Å². The molecule has 43 heavy (non-hydrogen) atoms. The number of benzene rings is 3. The zero-order valence-corrected chi connectivity index (χ0v) is 23.2. The standard InChI is InChI=1S/C32H27F3N4O4/c1-36-31(41)25-13-18(5-8-26(25)35)22-4-3-9-37-30(22)28(12-17-10-19(33)14-20(34)11-17)38-29(40)16-24-23-7-6-21(43-2)15-27(23)39-32(24)42/h3-11,13-15,24,28H,12,16H2,1-2H3,(H,36,41)(H,38,40)(H,39,42)/t24?,28-/m0/s1. The number of ether oxygens (including phenoxy) is 1. The molecule has 1 aliphatic rings. The van der Waals surface area contributed by atoms with Gasteiger partial charge >= 0.3 is 0 Å². The third-order valence-corrected chi connectivity index (χ3v) is 7.21. The van der Waals surface area contributed by atoms with Crippen molar-refractivity contribution in [3.8, 4) is 16.9 Å². The van der Waals surface area contributed by atoms with E-state index >= 15 is 0 Å². The second-order valence-corrected chi connectivity index (χ2v) is 10.0. The van der Waals surface area contributed by atoms with Gasteiger partial charge in [-0.25, -0.2) is 13.2 Å². The first-order valence-corrected chi connectivity index (χ1v) is 13.4. The SMILES string of the molecule is CNC(=O)c1cc(-c2cccnc2[C@H](Cc2cc(F)cc(F)c2)NC(=O)CC2C(=O)Nc3cc(OC)ccc32)ccc1F. The maximum absolute atomic E-state index is 14.4. The van der Waals surface area contributed by atoms with Gasteiger partial charge in [0.15, 0.2) is 0 Å². The first-order valence-electron chi connectivity index (χ1n) is 13.4. The molecule has 8 nitrogen and oxygen atoms in total. The number of rotatable bonds is 9. The molecule has 220 valence electrons. The van der Waals surface area contributed by atoms with Gasteiger partial charge in [-0.2, -0.15) is 0 Å². The van der Waals surface area contributed by atoms with E-state index in [1.54, 1.807) is 30.3 Å². The summed E-state index contributed by atoms with van der Waals surface area (Å²) in [5, 5.41) is 8.05. The summed E-state index contributed by atoms with van der Waals surface area (Å²) in [5.41, 5.74) is 2.46. The minimum absolute atomic E-state index is 0.0570. The number of fused-ring (bicyclic) bond motifs is 1. The number of amides is 3. The normalized spacial score (nSPS) is 14.4. The fourth-order valence-electron chi connectivity index (χ4n) is 5.20. The summed E-state index contributed by atoms with van der Waals surface area (Å²) in [7, 11) is 2.89. The van der Waals surface area contributed by atoms with E-state index in [-0.39, 0.29) is 29.9 Å². The maximum atomic E-state index is 14.4. The molecule has 0 radical (unpaired) electrons. The lowest BCUT2D eigenvalue weighted by Crippen LogP contribution is -2.33. The zero-order valence-electron chi connectivity index (χ0n) is 23.2. The molecule has 0 saturated carbocycles. The van der Waals surface area contributed by atoms with Crippen molar-refractivity contribution < 1.29 is 32.3 Å². The summed E-state index contributed by atoms with van der Waals surface area (Å²) < 4.78 is 47.9. The Morgan fingerprint density at radius 1 is 1.02 bits per heavy atom. The van der Waals surface area contributed by atoms with Crippen LogP contribution in [0, 0.1) is 17.5 Å². The van der Waals surface area contributed by atoms with Gasteiger partial charge in [0.1, 0.15) is 23.2 Å². The largest absolute Gasteiger partial charge is 0.497 e. The highest BCUT2D eigenvalue weighted by molar-refractivity contribution is 6.05. The van der Waals surface area contributed by atoms with E-state index in [1.807, 2.05) is 0 Å². The Labute approximate surface area is 245 Å². The maximum Gasteiger partial charge on any atom is 0.254 e. The Balaban J connectivity index is 1.50. The third kappa shape index (κ3) is 6.35. The summed E-state index contributed by atoms with van der Waals surface area (Å²) in [6, 6.07) is 14.5. The number of nitrogens with zero attached hydrogens (tertiary/aromatic N) is 1. The molecule has 11 heteroatoms. The van der Waals surface area contributed by atoms with Crippen LogP contribution in [0.4, 0.5) is 18.9 Å². The quantitative estimate of drug-likeness (QED) is 0.253. The molecule has 3 aromatic carbocycles. The van der Waals surface area contributed by atoms with Crippen LogP contribution >= 0.6 is 0 Å². The van der Waals surface area contributed by atoms with E-state index in [9.17, 15) is 27.6 Å². The van der Waals surface area contributed by atoms with Crippen LogP contribution in [-0.2, 0) is 16.0 Å². The number of hydrogen-bond donors (Lipinski definition) is 3. The summed E-state index contributed by atoms with van der Waals surface area (Å²) >= 11 is 0. The van der Waals surface area contributed by atoms with Gasteiger partial charge in [-0.05, 0) is 59.5 Å². The Morgan fingerprint density at radius 2 is 1.79 bits per heavy atom. The molecular weight excluding hydrogens is 561 g/mol. The Hall–Kier alpha value is -5.19. The van der Waals surface area contributed by atoms with Crippen molar-refractivity contribution in [2.24, 2.45) is 0 Å². The predicted octanol–water partition coefficient (Wildman–Crippen LogP) is 5.06.